The molecule has 9 heteroatoms. The van der Waals surface area contributed by atoms with Crippen LogP contribution in [0.2, 0.25) is 5.02 Å². The lowest BCUT2D eigenvalue weighted by Gasteiger charge is -2.29. The molecule has 2 aromatic heterocycles. The molecule has 30 heavy (non-hydrogen) atoms. The third-order valence-electron chi connectivity index (χ3n) is 6.05. The Bertz CT molecular complexity index is 1200. The van der Waals surface area contributed by atoms with Crippen LogP contribution in [0, 0.1) is 11.7 Å². The fourth-order valence-electron chi connectivity index (χ4n) is 4.04. The maximum atomic E-state index is 14.5. The van der Waals surface area contributed by atoms with Crippen molar-refractivity contribution in [2.45, 2.75) is 32.9 Å². The summed E-state index contributed by atoms with van der Waals surface area (Å²) >= 11 is 6.26. The fraction of sp³-hybridized carbons (Fsp3) is 0.476. The summed E-state index contributed by atoms with van der Waals surface area (Å²) in [5.41, 5.74) is -0.0240. The molecule has 3 aromatic rings. The van der Waals surface area contributed by atoms with Gasteiger partial charge in [0, 0.05) is 24.7 Å². The topological polar surface area (TPSA) is 65.1 Å². The number of aromatic nitrogens is 4. The van der Waals surface area contributed by atoms with Crippen LogP contribution >= 0.6 is 11.6 Å². The van der Waals surface area contributed by atoms with E-state index in [0.717, 1.165) is 30.5 Å². The molecule has 1 aliphatic rings. The van der Waals surface area contributed by atoms with Gasteiger partial charge in [-0.15, -0.1) is 0 Å². The quantitative estimate of drug-likeness (QED) is 0.634. The van der Waals surface area contributed by atoms with Gasteiger partial charge in [0.1, 0.15) is 11.6 Å². The lowest BCUT2D eigenvalue weighted by molar-refractivity contribution is 0.180. The molecule has 7 nitrogen and oxygen atoms in total. The highest BCUT2D eigenvalue weighted by molar-refractivity contribution is 6.31. The zero-order chi connectivity index (χ0) is 21.6. The number of aryl methyl sites for hydroxylation is 1. The van der Waals surface area contributed by atoms with Crippen molar-refractivity contribution in [3.8, 4) is 0 Å². The molecule has 1 fully saturated rings. The first kappa shape index (κ1) is 20.8. The number of piperidine rings is 1. The van der Waals surface area contributed by atoms with E-state index in [0.29, 0.717) is 29.5 Å². The van der Waals surface area contributed by atoms with Crippen LogP contribution in [0.15, 0.2) is 27.8 Å². The highest BCUT2D eigenvalue weighted by Crippen LogP contribution is 2.24. The number of likely N-dealkylation sites (tertiary alicyclic amines) is 1. The van der Waals surface area contributed by atoms with E-state index in [1.807, 2.05) is 0 Å². The molecule has 0 saturated carbocycles. The van der Waals surface area contributed by atoms with E-state index >= 15 is 0 Å². The predicted molar refractivity (Wildman–Crippen MR) is 114 cm³/mol. The Morgan fingerprint density at radius 3 is 2.50 bits per heavy atom. The Balaban J connectivity index is 1.88. The summed E-state index contributed by atoms with van der Waals surface area (Å²) in [5.74, 6) is 0.867. The third kappa shape index (κ3) is 3.58. The van der Waals surface area contributed by atoms with Crippen LogP contribution in [0.5, 0.6) is 0 Å². The van der Waals surface area contributed by atoms with Crippen molar-refractivity contribution in [3.05, 3.63) is 61.3 Å². The van der Waals surface area contributed by atoms with Gasteiger partial charge in [-0.05, 0) is 44.0 Å². The van der Waals surface area contributed by atoms with Gasteiger partial charge in [-0.2, -0.15) is 0 Å². The van der Waals surface area contributed by atoms with Crippen LogP contribution in [0.1, 0.15) is 31.2 Å². The number of nitrogens with zero attached hydrogens (tertiary/aromatic N) is 5. The first-order valence-corrected chi connectivity index (χ1v) is 10.5. The van der Waals surface area contributed by atoms with Gasteiger partial charge in [0.25, 0.3) is 5.56 Å². The zero-order valence-corrected chi connectivity index (χ0v) is 18.1. The molecule has 0 spiro atoms. The molecule has 0 N–H and O–H groups in total. The van der Waals surface area contributed by atoms with Gasteiger partial charge in [0.2, 0.25) is 0 Å². The highest BCUT2D eigenvalue weighted by Gasteiger charge is 2.24. The molecular weight excluding hydrogens is 409 g/mol. The summed E-state index contributed by atoms with van der Waals surface area (Å²) < 4.78 is 18.7. The second-order valence-electron chi connectivity index (χ2n) is 8.15. The van der Waals surface area contributed by atoms with E-state index in [9.17, 15) is 14.0 Å². The lowest BCUT2D eigenvalue weighted by Crippen LogP contribution is -2.37. The Kier molecular flexibility index (Phi) is 5.55. The van der Waals surface area contributed by atoms with E-state index in [4.69, 9.17) is 11.6 Å². The number of rotatable bonds is 4. The number of halogens is 2. The number of hydrogen-bond acceptors (Lipinski definition) is 4. The third-order valence-corrected chi connectivity index (χ3v) is 6.40. The number of benzene rings is 1. The van der Waals surface area contributed by atoms with Gasteiger partial charge in [-0.25, -0.2) is 14.2 Å². The summed E-state index contributed by atoms with van der Waals surface area (Å²) in [5, 5.41) is 0.288. The Morgan fingerprint density at radius 2 is 1.83 bits per heavy atom. The van der Waals surface area contributed by atoms with Crippen molar-refractivity contribution in [2.24, 2.45) is 20.0 Å². The minimum Gasteiger partial charge on any atom is -0.316 e. The monoisotopic (exact) mass is 433 g/mol. The number of hydrogen-bond donors (Lipinski definition) is 0. The van der Waals surface area contributed by atoms with Gasteiger partial charge >= 0.3 is 5.69 Å². The van der Waals surface area contributed by atoms with E-state index in [2.05, 4.69) is 16.8 Å². The highest BCUT2D eigenvalue weighted by atomic mass is 35.5. The van der Waals surface area contributed by atoms with Gasteiger partial charge < -0.3 is 4.57 Å². The summed E-state index contributed by atoms with van der Waals surface area (Å²) in [6.45, 7) is 4.69. The molecule has 4 rings (SSSR count). The van der Waals surface area contributed by atoms with Crippen LogP contribution in [-0.2, 0) is 27.2 Å². The fourth-order valence-corrected chi connectivity index (χ4v) is 4.27. The van der Waals surface area contributed by atoms with Crippen molar-refractivity contribution in [1.82, 2.24) is 23.6 Å². The molecule has 0 atom stereocenters. The first-order valence-electron chi connectivity index (χ1n) is 10.1. The Labute approximate surface area is 178 Å². The van der Waals surface area contributed by atoms with Crippen molar-refractivity contribution in [3.63, 3.8) is 0 Å². The van der Waals surface area contributed by atoms with Crippen LogP contribution in [0.25, 0.3) is 11.2 Å². The van der Waals surface area contributed by atoms with Crippen LogP contribution < -0.4 is 11.2 Å². The van der Waals surface area contributed by atoms with E-state index in [1.54, 1.807) is 23.7 Å². The van der Waals surface area contributed by atoms with Gasteiger partial charge in [-0.1, -0.05) is 24.6 Å². The lowest BCUT2D eigenvalue weighted by atomic mass is 9.99. The Hall–Kier alpha value is -2.45. The first-order chi connectivity index (χ1) is 14.3. The standard InChI is InChI=1S/C21H25ClFN5O2/c1-13-7-9-27(10-8-13)12-17-24-19-18(20(29)26(3)21(30)25(19)2)28(17)11-14-15(22)5-4-6-16(14)23/h4-6,13H,7-12H2,1-3H3. The van der Waals surface area contributed by atoms with Gasteiger partial charge in [-0.3, -0.25) is 18.8 Å². The predicted octanol–water partition coefficient (Wildman–Crippen LogP) is 2.51. The number of fused-ring (bicyclic) bond motifs is 1. The summed E-state index contributed by atoms with van der Waals surface area (Å²) in [6, 6.07) is 4.52. The van der Waals surface area contributed by atoms with Crippen molar-refractivity contribution < 1.29 is 4.39 Å². The molecule has 0 amide bonds. The molecule has 0 radical (unpaired) electrons. The zero-order valence-electron chi connectivity index (χ0n) is 17.4. The van der Waals surface area contributed by atoms with Crippen LogP contribution in [0.4, 0.5) is 4.39 Å². The molecule has 1 aromatic carbocycles. The van der Waals surface area contributed by atoms with E-state index < -0.39 is 17.1 Å². The minimum absolute atomic E-state index is 0.0645. The summed E-state index contributed by atoms with van der Waals surface area (Å²) in [6.07, 6.45) is 2.19. The van der Waals surface area contributed by atoms with Gasteiger partial charge in [0.15, 0.2) is 11.2 Å². The van der Waals surface area contributed by atoms with E-state index in [1.165, 1.54) is 17.7 Å². The summed E-state index contributed by atoms with van der Waals surface area (Å²) in [4.78, 5) is 32.3. The van der Waals surface area contributed by atoms with Crippen LogP contribution in [-0.4, -0.2) is 36.7 Å². The average molecular weight is 434 g/mol. The SMILES string of the molecule is CC1CCN(Cc2nc3c(c(=O)n(C)c(=O)n3C)n2Cc2c(F)cccc2Cl)CC1. The normalized spacial score (nSPS) is 15.9. The largest absolute Gasteiger partial charge is 0.332 e. The second kappa shape index (κ2) is 8.00. The average Bonchev–Trinajstić information content (AvgIpc) is 3.07. The van der Waals surface area contributed by atoms with Crippen molar-refractivity contribution in [2.75, 3.05) is 13.1 Å². The van der Waals surface area contributed by atoms with Gasteiger partial charge in [0.05, 0.1) is 13.1 Å². The minimum atomic E-state index is -0.452. The van der Waals surface area contributed by atoms with Crippen LogP contribution in [0.3, 0.4) is 0 Å². The van der Waals surface area contributed by atoms with E-state index in [-0.39, 0.29) is 17.1 Å². The Morgan fingerprint density at radius 1 is 1.13 bits per heavy atom. The molecule has 3 heterocycles. The second-order valence-corrected chi connectivity index (χ2v) is 8.56. The smallest absolute Gasteiger partial charge is 0.316 e. The molecule has 0 aliphatic carbocycles. The maximum Gasteiger partial charge on any atom is 0.332 e. The maximum absolute atomic E-state index is 14.5. The molecular formula is C21H25ClFN5O2. The molecule has 1 aliphatic heterocycles. The van der Waals surface area contributed by atoms with Crippen molar-refractivity contribution >= 4 is 22.8 Å². The molecule has 0 unspecified atom stereocenters. The van der Waals surface area contributed by atoms with Crippen molar-refractivity contribution in [1.29, 1.82) is 0 Å². The number of imidazole rings is 1. The molecule has 160 valence electrons. The summed E-state index contributed by atoms with van der Waals surface area (Å²) in [7, 11) is 3.02. The molecule has 0 bridgehead atoms. The molecule has 1 saturated heterocycles.